The van der Waals surface area contributed by atoms with E-state index in [1.54, 1.807) is 18.2 Å². The molecular formula is C22H24N2O6. The number of rotatable bonds is 9. The van der Waals surface area contributed by atoms with Gasteiger partial charge in [-0.25, -0.2) is 4.79 Å². The molecule has 158 valence electrons. The van der Waals surface area contributed by atoms with Crippen molar-refractivity contribution in [1.29, 1.82) is 0 Å². The topological polar surface area (TPSA) is 111 Å². The molecule has 0 spiro atoms. The third kappa shape index (κ3) is 7.05. The van der Waals surface area contributed by atoms with Gasteiger partial charge in [0.2, 0.25) is 5.91 Å². The SMILES string of the molecule is CCc1ccccc1NC(=O)COC(=O)CCC(=O)Nc1ccc(C(=O)OC)cc1. The minimum absolute atomic E-state index is 0.0993. The number of ether oxygens (including phenoxy) is 2. The van der Waals surface area contributed by atoms with Crippen molar-refractivity contribution < 1.29 is 28.7 Å². The van der Waals surface area contributed by atoms with Gasteiger partial charge in [-0.05, 0) is 42.3 Å². The fourth-order valence-corrected chi connectivity index (χ4v) is 2.60. The van der Waals surface area contributed by atoms with E-state index in [2.05, 4.69) is 15.4 Å². The highest BCUT2D eigenvalue weighted by molar-refractivity contribution is 5.95. The van der Waals surface area contributed by atoms with Gasteiger partial charge in [-0.3, -0.25) is 14.4 Å². The molecule has 0 aliphatic rings. The quantitative estimate of drug-likeness (QED) is 0.613. The molecule has 0 fully saturated rings. The zero-order valence-electron chi connectivity index (χ0n) is 16.9. The largest absolute Gasteiger partial charge is 0.465 e. The van der Waals surface area contributed by atoms with E-state index in [0.717, 1.165) is 12.0 Å². The predicted molar refractivity (Wildman–Crippen MR) is 111 cm³/mol. The zero-order chi connectivity index (χ0) is 21.9. The van der Waals surface area contributed by atoms with Gasteiger partial charge in [0.1, 0.15) is 0 Å². The van der Waals surface area contributed by atoms with Crippen LogP contribution in [0.25, 0.3) is 0 Å². The Bertz CT molecular complexity index is 908. The Kier molecular flexibility index (Phi) is 8.56. The van der Waals surface area contributed by atoms with E-state index < -0.39 is 24.5 Å². The van der Waals surface area contributed by atoms with Gasteiger partial charge in [-0.2, -0.15) is 0 Å². The van der Waals surface area contributed by atoms with Crippen LogP contribution >= 0.6 is 0 Å². The molecular weight excluding hydrogens is 388 g/mol. The standard InChI is InChI=1S/C22H24N2O6/c1-3-15-6-4-5-7-18(15)24-20(26)14-30-21(27)13-12-19(25)23-17-10-8-16(9-11-17)22(28)29-2/h4-11H,3,12-14H2,1-2H3,(H,23,25)(H,24,26). The van der Waals surface area contributed by atoms with Crippen LogP contribution in [0.5, 0.6) is 0 Å². The third-order valence-electron chi connectivity index (χ3n) is 4.18. The van der Waals surface area contributed by atoms with Gasteiger partial charge >= 0.3 is 11.9 Å². The summed E-state index contributed by atoms with van der Waals surface area (Å²) in [6.07, 6.45) is 0.500. The number of anilines is 2. The summed E-state index contributed by atoms with van der Waals surface area (Å²) in [7, 11) is 1.28. The van der Waals surface area contributed by atoms with Crippen molar-refractivity contribution in [3.63, 3.8) is 0 Å². The first-order valence-electron chi connectivity index (χ1n) is 9.44. The summed E-state index contributed by atoms with van der Waals surface area (Å²) in [5.41, 5.74) is 2.50. The summed E-state index contributed by atoms with van der Waals surface area (Å²) >= 11 is 0. The number of para-hydroxylation sites is 1. The maximum atomic E-state index is 12.0. The van der Waals surface area contributed by atoms with Crippen molar-refractivity contribution in [1.82, 2.24) is 0 Å². The van der Waals surface area contributed by atoms with Crippen LogP contribution in [0.3, 0.4) is 0 Å². The average molecular weight is 412 g/mol. The molecule has 2 aromatic rings. The Morgan fingerprint density at radius 1 is 0.867 bits per heavy atom. The minimum atomic E-state index is -0.648. The molecule has 2 rings (SSSR count). The minimum Gasteiger partial charge on any atom is -0.465 e. The normalized spacial score (nSPS) is 10.1. The van der Waals surface area contributed by atoms with Gasteiger partial charge in [-0.1, -0.05) is 25.1 Å². The number of benzene rings is 2. The molecule has 0 aliphatic carbocycles. The monoisotopic (exact) mass is 412 g/mol. The number of carbonyl (C=O) groups excluding carboxylic acids is 4. The van der Waals surface area contributed by atoms with E-state index in [1.807, 2.05) is 25.1 Å². The Labute approximate surface area is 174 Å². The summed E-state index contributed by atoms with van der Waals surface area (Å²) < 4.78 is 9.52. The van der Waals surface area contributed by atoms with Crippen LogP contribution in [-0.2, 0) is 30.3 Å². The fraction of sp³-hybridized carbons (Fsp3) is 0.273. The van der Waals surface area contributed by atoms with Crippen molar-refractivity contribution in [3.05, 3.63) is 59.7 Å². The third-order valence-corrected chi connectivity index (χ3v) is 4.18. The molecule has 2 N–H and O–H groups in total. The lowest BCUT2D eigenvalue weighted by Crippen LogP contribution is -2.22. The number of carbonyl (C=O) groups is 4. The van der Waals surface area contributed by atoms with Crippen LogP contribution in [-0.4, -0.2) is 37.5 Å². The highest BCUT2D eigenvalue weighted by atomic mass is 16.5. The van der Waals surface area contributed by atoms with Crippen molar-refractivity contribution in [3.8, 4) is 0 Å². The van der Waals surface area contributed by atoms with Crippen LogP contribution in [0.1, 0.15) is 35.7 Å². The molecule has 0 saturated heterocycles. The second-order valence-corrected chi connectivity index (χ2v) is 6.34. The molecule has 30 heavy (non-hydrogen) atoms. The lowest BCUT2D eigenvalue weighted by atomic mass is 10.1. The van der Waals surface area contributed by atoms with Gasteiger partial charge in [0, 0.05) is 17.8 Å². The molecule has 8 heteroatoms. The number of nitrogens with one attached hydrogen (secondary N) is 2. The second-order valence-electron chi connectivity index (χ2n) is 6.34. The first kappa shape index (κ1) is 22.6. The number of amides is 2. The molecule has 0 aromatic heterocycles. The van der Waals surface area contributed by atoms with Gasteiger partial charge in [0.15, 0.2) is 6.61 Å². The molecule has 0 saturated carbocycles. The van der Waals surface area contributed by atoms with Crippen LogP contribution < -0.4 is 10.6 Å². The van der Waals surface area contributed by atoms with Crippen LogP contribution in [0, 0.1) is 0 Å². The molecule has 0 aliphatic heterocycles. The maximum Gasteiger partial charge on any atom is 0.337 e. The summed E-state index contributed by atoms with van der Waals surface area (Å²) in [6.45, 7) is 1.55. The molecule has 0 heterocycles. The van der Waals surface area contributed by atoms with E-state index in [0.29, 0.717) is 16.9 Å². The Morgan fingerprint density at radius 3 is 2.23 bits per heavy atom. The first-order valence-corrected chi connectivity index (χ1v) is 9.44. The molecule has 2 amide bonds. The first-order chi connectivity index (χ1) is 14.4. The number of aryl methyl sites for hydroxylation is 1. The lowest BCUT2D eigenvalue weighted by Gasteiger charge is -2.10. The van der Waals surface area contributed by atoms with Gasteiger partial charge in [0.05, 0.1) is 19.1 Å². The highest BCUT2D eigenvalue weighted by Crippen LogP contribution is 2.15. The van der Waals surface area contributed by atoms with Crippen LogP contribution in [0.15, 0.2) is 48.5 Å². The van der Waals surface area contributed by atoms with E-state index in [1.165, 1.54) is 19.2 Å². The molecule has 0 atom stereocenters. The Balaban J connectivity index is 1.71. The van der Waals surface area contributed by atoms with Crippen molar-refractivity contribution in [2.24, 2.45) is 0 Å². The Hall–Kier alpha value is -3.68. The average Bonchev–Trinajstić information content (AvgIpc) is 2.76. The molecule has 0 unspecified atom stereocenters. The van der Waals surface area contributed by atoms with Crippen molar-refractivity contribution in [2.75, 3.05) is 24.4 Å². The van der Waals surface area contributed by atoms with E-state index in [9.17, 15) is 19.2 Å². The van der Waals surface area contributed by atoms with Crippen molar-refractivity contribution >= 4 is 35.1 Å². The fourth-order valence-electron chi connectivity index (χ4n) is 2.60. The molecule has 0 bridgehead atoms. The zero-order valence-corrected chi connectivity index (χ0v) is 16.9. The van der Waals surface area contributed by atoms with E-state index in [4.69, 9.17) is 4.74 Å². The Morgan fingerprint density at radius 2 is 1.57 bits per heavy atom. The van der Waals surface area contributed by atoms with Gasteiger partial charge in [-0.15, -0.1) is 0 Å². The molecule has 8 nitrogen and oxygen atoms in total. The summed E-state index contributed by atoms with van der Waals surface area (Å²) in [5, 5.41) is 5.32. The molecule has 2 aromatic carbocycles. The number of methoxy groups -OCH3 is 1. The number of hydrogen-bond donors (Lipinski definition) is 2. The van der Waals surface area contributed by atoms with Gasteiger partial charge < -0.3 is 20.1 Å². The summed E-state index contributed by atoms with van der Waals surface area (Å²) in [5.74, 6) is -1.96. The van der Waals surface area contributed by atoms with Crippen LogP contribution in [0.4, 0.5) is 11.4 Å². The van der Waals surface area contributed by atoms with E-state index in [-0.39, 0.29) is 18.7 Å². The highest BCUT2D eigenvalue weighted by Gasteiger charge is 2.12. The summed E-state index contributed by atoms with van der Waals surface area (Å²) in [4.78, 5) is 47.1. The van der Waals surface area contributed by atoms with Gasteiger partial charge in [0.25, 0.3) is 5.91 Å². The smallest absolute Gasteiger partial charge is 0.337 e. The van der Waals surface area contributed by atoms with Crippen molar-refractivity contribution in [2.45, 2.75) is 26.2 Å². The predicted octanol–water partition coefficient (Wildman–Crippen LogP) is 2.94. The van der Waals surface area contributed by atoms with E-state index >= 15 is 0 Å². The number of hydrogen-bond acceptors (Lipinski definition) is 6. The summed E-state index contributed by atoms with van der Waals surface area (Å²) in [6, 6.07) is 13.5. The lowest BCUT2D eigenvalue weighted by molar-refractivity contribution is -0.147. The second kappa shape index (κ2) is 11.4. The number of esters is 2. The van der Waals surface area contributed by atoms with Crippen LogP contribution in [0.2, 0.25) is 0 Å². The maximum absolute atomic E-state index is 12.0. The molecule has 0 radical (unpaired) electrons.